The second-order valence-electron chi connectivity index (χ2n) is 6.23. The maximum absolute atomic E-state index is 12.2. The number of nitrogens with zero attached hydrogens (tertiary/aromatic N) is 5. The van der Waals surface area contributed by atoms with E-state index in [1.54, 1.807) is 11.8 Å². The van der Waals surface area contributed by atoms with Crippen molar-refractivity contribution in [3.05, 3.63) is 11.7 Å². The van der Waals surface area contributed by atoms with Crippen molar-refractivity contribution in [2.24, 2.45) is 0 Å². The molecule has 1 aliphatic heterocycles. The van der Waals surface area contributed by atoms with Gasteiger partial charge in [-0.25, -0.2) is 0 Å². The lowest BCUT2D eigenvalue weighted by atomic mass is 10.2. The third-order valence-corrected chi connectivity index (χ3v) is 4.33. The predicted octanol–water partition coefficient (Wildman–Crippen LogP) is 0.405. The normalized spacial score (nSPS) is 19.0. The topological polar surface area (TPSA) is 65.7 Å². The van der Waals surface area contributed by atoms with Crippen LogP contribution in [0.2, 0.25) is 0 Å². The number of likely N-dealkylation sites (tertiary alicyclic amines) is 1. The standard InChI is InChI=1S/C15H27N5O2/c1-12-16-14(17-22-12)6-9-20(4)15(21)7-10-19(3)13-5-8-18(2)11-13/h13H,5-11H2,1-4H3/t13-/m0/s1. The first-order valence-electron chi connectivity index (χ1n) is 7.87. The highest BCUT2D eigenvalue weighted by atomic mass is 16.5. The van der Waals surface area contributed by atoms with Crippen LogP contribution in [0, 0.1) is 6.92 Å². The molecule has 0 saturated carbocycles. The number of amides is 1. The molecule has 7 heteroatoms. The minimum Gasteiger partial charge on any atom is -0.345 e. The Morgan fingerprint density at radius 3 is 2.77 bits per heavy atom. The number of likely N-dealkylation sites (N-methyl/N-ethyl adjacent to an activating group) is 3. The highest BCUT2D eigenvalue weighted by Gasteiger charge is 2.23. The molecular weight excluding hydrogens is 282 g/mol. The largest absolute Gasteiger partial charge is 0.345 e. The molecule has 0 N–H and O–H groups in total. The lowest BCUT2D eigenvalue weighted by Gasteiger charge is -2.25. The molecule has 22 heavy (non-hydrogen) atoms. The zero-order chi connectivity index (χ0) is 16.1. The van der Waals surface area contributed by atoms with Gasteiger partial charge in [-0.3, -0.25) is 4.79 Å². The fourth-order valence-corrected chi connectivity index (χ4v) is 2.75. The van der Waals surface area contributed by atoms with Gasteiger partial charge in [-0.15, -0.1) is 0 Å². The van der Waals surface area contributed by atoms with E-state index in [2.05, 4.69) is 34.0 Å². The average Bonchev–Trinajstić information content (AvgIpc) is 3.10. The molecule has 2 rings (SSSR count). The van der Waals surface area contributed by atoms with Gasteiger partial charge < -0.3 is 19.2 Å². The summed E-state index contributed by atoms with van der Waals surface area (Å²) < 4.78 is 4.93. The SMILES string of the molecule is Cc1nc(CCN(C)C(=O)CCN(C)[C@H]2CCN(C)C2)no1. The van der Waals surface area contributed by atoms with Crippen LogP contribution in [0.4, 0.5) is 0 Å². The third kappa shape index (κ3) is 4.78. The first-order chi connectivity index (χ1) is 10.5. The van der Waals surface area contributed by atoms with Gasteiger partial charge >= 0.3 is 0 Å². The van der Waals surface area contributed by atoms with Gasteiger partial charge in [0.2, 0.25) is 11.8 Å². The summed E-state index contributed by atoms with van der Waals surface area (Å²) in [6.45, 7) is 5.43. The maximum Gasteiger partial charge on any atom is 0.223 e. The van der Waals surface area contributed by atoms with Gasteiger partial charge in [0.1, 0.15) is 0 Å². The second kappa shape index (κ2) is 7.69. The first-order valence-corrected chi connectivity index (χ1v) is 7.87. The Balaban J connectivity index is 1.67. The minimum absolute atomic E-state index is 0.165. The molecule has 1 aromatic heterocycles. The predicted molar refractivity (Wildman–Crippen MR) is 83.5 cm³/mol. The van der Waals surface area contributed by atoms with Crippen LogP contribution >= 0.6 is 0 Å². The molecule has 1 atom stereocenters. The van der Waals surface area contributed by atoms with Crippen LogP contribution in [0.3, 0.4) is 0 Å². The lowest BCUT2D eigenvalue weighted by Crippen LogP contribution is -2.37. The van der Waals surface area contributed by atoms with Crippen molar-refractivity contribution in [2.45, 2.75) is 32.2 Å². The van der Waals surface area contributed by atoms with Crippen LogP contribution in [-0.4, -0.2) is 84.1 Å². The Kier molecular flexibility index (Phi) is 5.90. The van der Waals surface area contributed by atoms with Crippen molar-refractivity contribution in [1.29, 1.82) is 0 Å². The van der Waals surface area contributed by atoms with Crippen molar-refractivity contribution >= 4 is 5.91 Å². The summed E-state index contributed by atoms with van der Waals surface area (Å²) >= 11 is 0. The second-order valence-corrected chi connectivity index (χ2v) is 6.23. The van der Waals surface area contributed by atoms with E-state index in [4.69, 9.17) is 4.52 Å². The number of aryl methyl sites for hydroxylation is 1. The first kappa shape index (κ1) is 16.9. The molecule has 0 unspecified atom stereocenters. The maximum atomic E-state index is 12.2. The molecule has 0 aliphatic carbocycles. The fourth-order valence-electron chi connectivity index (χ4n) is 2.75. The number of rotatable bonds is 7. The highest BCUT2D eigenvalue weighted by molar-refractivity contribution is 5.76. The van der Waals surface area contributed by atoms with E-state index >= 15 is 0 Å². The zero-order valence-corrected chi connectivity index (χ0v) is 14.1. The molecule has 2 heterocycles. The molecule has 7 nitrogen and oxygen atoms in total. The van der Waals surface area contributed by atoms with Crippen LogP contribution in [0.5, 0.6) is 0 Å². The fraction of sp³-hybridized carbons (Fsp3) is 0.800. The van der Waals surface area contributed by atoms with Gasteiger partial charge in [-0.2, -0.15) is 4.98 Å². The summed E-state index contributed by atoms with van der Waals surface area (Å²) in [4.78, 5) is 22.7. The van der Waals surface area contributed by atoms with Crippen LogP contribution in [0.15, 0.2) is 4.52 Å². The lowest BCUT2D eigenvalue weighted by molar-refractivity contribution is -0.130. The Hall–Kier alpha value is -1.47. The van der Waals surface area contributed by atoms with Crippen LogP contribution < -0.4 is 0 Å². The number of hydrogen-bond acceptors (Lipinski definition) is 6. The highest BCUT2D eigenvalue weighted by Crippen LogP contribution is 2.12. The van der Waals surface area contributed by atoms with E-state index in [9.17, 15) is 4.79 Å². The zero-order valence-electron chi connectivity index (χ0n) is 14.1. The van der Waals surface area contributed by atoms with Crippen LogP contribution in [-0.2, 0) is 11.2 Å². The van der Waals surface area contributed by atoms with Crippen molar-refractivity contribution < 1.29 is 9.32 Å². The Bertz CT molecular complexity index is 490. The van der Waals surface area contributed by atoms with E-state index in [0.717, 1.165) is 19.6 Å². The van der Waals surface area contributed by atoms with E-state index in [1.807, 2.05) is 7.05 Å². The third-order valence-electron chi connectivity index (χ3n) is 4.33. The Morgan fingerprint density at radius 1 is 1.41 bits per heavy atom. The van der Waals surface area contributed by atoms with Gasteiger partial charge in [-0.1, -0.05) is 5.16 Å². The monoisotopic (exact) mass is 309 g/mol. The smallest absolute Gasteiger partial charge is 0.223 e. The molecular formula is C15H27N5O2. The molecule has 1 saturated heterocycles. The molecule has 0 radical (unpaired) electrons. The Morgan fingerprint density at radius 2 is 2.18 bits per heavy atom. The van der Waals surface area contributed by atoms with Crippen LogP contribution in [0.25, 0.3) is 0 Å². The molecule has 124 valence electrons. The summed E-state index contributed by atoms with van der Waals surface area (Å²) in [5.41, 5.74) is 0. The molecule has 0 bridgehead atoms. The van der Waals surface area contributed by atoms with E-state index in [0.29, 0.717) is 37.1 Å². The average molecular weight is 309 g/mol. The van der Waals surface area contributed by atoms with Crippen molar-refractivity contribution in [3.8, 4) is 0 Å². The van der Waals surface area contributed by atoms with Crippen molar-refractivity contribution in [2.75, 3.05) is 47.3 Å². The van der Waals surface area contributed by atoms with Gasteiger partial charge in [0.05, 0.1) is 0 Å². The van der Waals surface area contributed by atoms with Gasteiger partial charge in [-0.05, 0) is 27.1 Å². The molecule has 1 aromatic rings. The summed E-state index contributed by atoms with van der Waals surface area (Å²) in [6.07, 6.45) is 2.37. The summed E-state index contributed by atoms with van der Waals surface area (Å²) in [5.74, 6) is 1.38. The van der Waals surface area contributed by atoms with Crippen molar-refractivity contribution in [1.82, 2.24) is 24.8 Å². The number of hydrogen-bond donors (Lipinski definition) is 0. The molecule has 0 spiro atoms. The van der Waals surface area contributed by atoms with E-state index in [-0.39, 0.29) is 5.91 Å². The van der Waals surface area contributed by atoms with Crippen molar-refractivity contribution in [3.63, 3.8) is 0 Å². The minimum atomic E-state index is 0.165. The summed E-state index contributed by atoms with van der Waals surface area (Å²) in [7, 11) is 6.09. The number of carbonyl (C=O) groups is 1. The molecule has 0 aromatic carbocycles. The van der Waals surface area contributed by atoms with Gasteiger partial charge in [0.25, 0.3) is 0 Å². The van der Waals surface area contributed by atoms with Gasteiger partial charge in [0.15, 0.2) is 5.82 Å². The van der Waals surface area contributed by atoms with E-state index in [1.165, 1.54) is 6.42 Å². The quantitative estimate of drug-likeness (QED) is 0.726. The summed E-state index contributed by atoms with van der Waals surface area (Å²) in [6, 6.07) is 0.574. The Labute approximate surface area is 132 Å². The molecule has 1 amide bonds. The molecule has 1 fully saturated rings. The number of carbonyl (C=O) groups excluding carboxylic acids is 1. The summed E-state index contributed by atoms with van der Waals surface area (Å²) in [5, 5.41) is 3.84. The number of aromatic nitrogens is 2. The van der Waals surface area contributed by atoms with E-state index < -0.39 is 0 Å². The van der Waals surface area contributed by atoms with Crippen LogP contribution in [0.1, 0.15) is 24.6 Å². The molecule has 1 aliphatic rings. The van der Waals surface area contributed by atoms with Gasteiger partial charge in [0, 0.05) is 52.5 Å².